The van der Waals surface area contributed by atoms with Crippen molar-refractivity contribution < 1.29 is 18.8 Å². The third kappa shape index (κ3) is 3.98. The van der Waals surface area contributed by atoms with Crippen molar-refractivity contribution in [3.63, 3.8) is 0 Å². The van der Waals surface area contributed by atoms with Crippen molar-refractivity contribution in [1.82, 2.24) is 10.1 Å². The maximum Gasteiger partial charge on any atom is 0.310 e. The molecule has 0 spiro atoms. The van der Waals surface area contributed by atoms with Crippen LogP contribution in [0.3, 0.4) is 0 Å². The third-order valence-corrected chi connectivity index (χ3v) is 3.34. The Labute approximate surface area is 139 Å². The number of hydrogen-bond donors (Lipinski definition) is 0. The molecule has 0 saturated heterocycles. The summed E-state index contributed by atoms with van der Waals surface area (Å²) in [5.41, 5.74) is 1.66. The molecule has 2 aromatic carbocycles. The summed E-state index contributed by atoms with van der Waals surface area (Å²) in [6, 6.07) is 16.7. The van der Waals surface area contributed by atoms with Crippen molar-refractivity contribution in [3.05, 3.63) is 66.1 Å². The fourth-order valence-electron chi connectivity index (χ4n) is 2.15. The summed E-state index contributed by atoms with van der Waals surface area (Å²) in [6.45, 7) is -0.0529. The monoisotopic (exact) mass is 324 g/mol. The number of rotatable bonds is 6. The highest BCUT2D eigenvalue weighted by Crippen LogP contribution is 2.21. The van der Waals surface area contributed by atoms with Crippen molar-refractivity contribution >= 4 is 5.97 Å². The predicted octanol–water partition coefficient (Wildman–Crippen LogP) is 3.03. The van der Waals surface area contributed by atoms with E-state index in [0.717, 1.165) is 11.1 Å². The maximum absolute atomic E-state index is 11.8. The van der Waals surface area contributed by atoms with E-state index in [1.165, 1.54) is 0 Å². The summed E-state index contributed by atoms with van der Waals surface area (Å²) in [5.74, 6) is 1.02. The standard InChI is InChI=1S/C18H16N2O4/c1-22-15-9-5-8-14(11-15)18-19-16(24-20-18)12-23-17(21)10-13-6-3-2-4-7-13/h2-9,11H,10,12H2,1H3. The van der Waals surface area contributed by atoms with Gasteiger partial charge in [-0.05, 0) is 17.7 Å². The van der Waals surface area contributed by atoms with E-state index in [2.05, 4.69) is 10.1 Å². The Morgan fingerprint density at radius 1 is 1.12 bits per heavy atom. The van der Waals surface area contributed by atoms with Crippen LogP contribution in [-0.4, -0.2) is 23.2 Å². The molecule has 0 bridgehead atoms. The lowest BCUT2D eigenvalue weighted by Crippen LogP contribution is -2.08. The normalized spacial score (nSPS) is 10.4. The van der Waals surface area contributed by atoms with E-state index < -0.39 is 0 Å². The highest BCUT2D eigenvalue weighted by Gasteiger charge is 2.12. The lowest BCUT2D eigenvalue weighted by Gasteiger charge is -2.01. The Morgan fingerprint density at radius 3 is 2.75 bits per heavy atom. The molecule has 3 rings (SSSR count). The Morgan fingerprint density at radius 2 is 1.96 bits per heavy atom. The lowest BCUT2D eigenvalue weighted by molar-refractivity contribution is -0.144. The van der Waals surface area contributed by atoms with Gasteiger partial charge in [0.05, 0.1) is 13.5 Å². The third-order valence-electron chi connectivity index (χ3n) is 3.34. The largest absolute Gasteiger partial charge is 0.497 e. The number of methoxy groups -OCH3 is 1. The second-order valence-corrected chi connectivity index (χ2v) is 5.07. The molecule has 0 unspecified atom stereocenters. The molecular formula is C18H16N2O4. The van der Waals surface area contributed by atoms with E-state index in [1.54, 1.807) is 13.2 Å². The first kappa shape index (κ1) is 15.7. The van der Waals surface area contributed by atoms with Gasteiger partial charge in [0.25, 0.3) is 5.89 Å². The van der Waals surface area contributed by atoms with Crippen LogP contribution < -0.4 is 4.74 Å². The van der Waals surface area contributed by atoms with Gasteiger partial charge in [-0.15, -0.1) is 0 Å². The molecule has 0 N–H and O–H groups in total. The summed E-state index contributed by atoms with van der Waals surface area (Å²) >= 11 is 0. The van der Waals surface area contributed by atoms with Gasteiger partial charge in [-0.3, -0.25) is 4.79 Å². The minimum Gasteiger partial charge on any atom is -0.497 e. The summed E-state index contributed by atoms with van der Waals surface area (Å²) in [5, 5.41) is 3.89. The second-order valence-electron chi connectivity index (χ2n) is 5.07. The zero-order chi connectivity index (χ0) is 16.8. The van der Waals surface area contributed by atoms with E-state index in [4.69, 9.17) is 14.0 Å². The number of nitrogens with zero attached hydrogens (tertiary/aromatic N) is 2. The van der Waals surface area contributed by atoms with E-state index >= 15 is 0 Å². The molecule has 24 heavy (non-hydrogen) atoms. The van der Waals surface area contributed by atoms with Gasteiger partial charge in [0.15, 0.2) is 6.61 Å². The molecule has 0 aliphatic heterocycles. The zero-order valence-corrected chi connectivity index (χ0v) is 13.1. The first-order chi connectivity index (χ1) is 11.7. The molecule has 6 nitrogen and oxygen atoms in total. The van der Waals surface area contributed by atoms with Crippen LogP contribution >= 0.6 is 0 Å². The van der Waals surface area contributed by atoms with Crippen LogP contribution in [0.15, 0.2) is 59.1 Å². The molecule has 6 heteroatoms. The fraction of sp³-hybridized carbons (Fsp3) is 0.167. The summed E-state index contributed by atoms with van der Waals surface area (Å²) in [4.78, 5) is 16.0. The molecule has 0 atom stereocenters. The summed E-state index contributed by atoms with van der Waals surface area (Å²) in [7, 11) is 1.59. The Kier molecular flexibility index (Phi) is 4.86. The quantitative estimate of drug-likeness (QED) is 0.649. The fourth-order valence-corrected chi connectivity index (χ4v) is 2.15. The van der Waals surface area contributed by atoms with Crippen LogP contribution in [-0.2, 0) is 22.6 Å². The first-order valence-electron chi connectivity index (χ1n) is 7.41. The van der Waals surface area contributed by atoms with Crippen molar-refractivity contribution in [2.24, 2.45) is 0 Å². The number of aromatic nitrogens is 2. The highest BCUT2D eigenvalue weighted by atomic mass is 16.6. The Hall–Kier alpha value is -3.15. The van der Waals surface area contributed by atoms with Gasteiger partial charge in [0.2, 0.25) is 5.82 Å². The van der Waals surface area contributed by atoms with Gasteiger partial charge in [-0.1, -0.05) is 47.6 Å². The summed E-state index contributed by atoms with van der Waals surface area (Å²) < 4.78 is 15.4. The number of hydrogen-bond acceptors (Lipinski definition) is 6. The maximum atomic E-state index is 11.8. The molecular weight excluding hydrogens is 308 g/mol. The Bertz CT molecular complexity index is 815. The molecule has 0 aliphatic rings. The van der Waals surface area contributed by atoms with Gasteiger partial charge in [-0.2, -0.15) is 4.98 Å². The molecule has 0 radical (unpaired) electrons. The van der Waals surface area contributed by atoms with Crippen molar-refractivity contribution in [3.8, 4) is 17.1 Å². The van der Waals surface area contributed by atoms with Gasteiger partial charge in [-0.25, -0.2) is 0 Å². The predicted molar refractivity (Wildman–Crippen MR) is 86.2 cm³/mol. The lowest BCUT2D eigenvalue weighted by atomic mass is 10.2. The van der Waals surface area contributed by atoms with Gasteiger partial charge < -0.3 is 14.0 Å². The number of esters is 1. The topological polar surface area (TPSA) is 74.5 Å². The minimum atomic E-state index is -0.345. The first-order valence-corrected chi connectivity index (χ1v) is 7.41. The van der Waals surface area contributed by atoms with Crippen LogP contribution in [0.2, 0.25) is 0 Å². The van der Waals surface area contributed by atoms with E-state index in [-0.39, 0.29) is 24.9 Å². The van der Waals surface area contributed by atoms with E-state index in [9.17, 15) is 4.79 Å². The van der Waals surface area contributed by atoms with Crippen molar-refractivity contribution in [1.29, 1.82) is 0 Å². The molecule has 0 aliphatic carbocycles. The van der Waals surface area contributed by atoms with Crippen LogP contribution in [0.25, 0.3) is 11.4 Å². The number of ether oxygens (including phenoxy) is 2. The molecule has 0 fully saturated rings. The van der Waals surface area contributed by atoms with Crippen molar-refractivity contribution in [2.45, 2.75) is 13.0 Å². The Balaban J connectivity index is 1.59. The second kappa shape index (κ2) is 7.41. The SMILES string of the molecule is COc1cccc(-c2noc(COC(=O)Cc3ccccc3)n2)c1. The van der Waals surface area contributed by atoms with Gasteiger partial charge in [0, 0.05) is 5.56 Å². The molecule has 122 valence electrons. The van der Waals surface area contributed by atoms with E-state index in [0.29, 0.717) is 11.6 Å². The molecule has 1 heterocycles. The van der Waals surface area contributed by atoms with Crippen molar-refractivity contribution in [2.75, 3.05) is 7.11 Å². The summed E-state index contributed by atoms with van der Waals surface area (Å²) in [6.07, 6.45) is 0.206. The van der Waals surface area contributed by atoms with Crippen LogP contribution in [0.5, 0.6) is 5.75 Å². The van der Waals surface area contributed by atoms with Crippen LogP contribution in [0.1, 0.15) is 11.5 Å². The van der Waals surface area contributed by atoms with E-state index in [1.807, 2.05) is 48.5 Å². The molecule has 1 aromatic heterocycles. The minimum absolute atomic E-state index is 0.0529. The van der Waals surface area contributed by atoms with Crippen LogP contribution in [0, 0.1) is 0 Å². The number of carbonyl (C=O) groups is 1. The molecule has 0 amide bonds. The highest BCUT2D eigenvalue weighted by molar-refractivity contribution is 5.72. The smallest absolute Gasteiger partial charge is 0.310 e. The van der Waals surface area contributed by atoms with Gasteiger partial charge in [0.1, 0.15) is 5.75 Å². The van der Waals surface area contributed by atoms with Gasteiger partial charge >= 0.3 is 5.97 Å². The zero-order valence-electron chi connectivity index (χ0n) is 13.1. The average Bonchev–Trinajstić information content (AvgIpc) is 3.10. The molecule has 0 saturated carbocycles. The average molecular weight is 324 g/mol. The molecule has 3 aromatic rings. The number of benzene rings is 2. The van der Waals surface area contributed by atoms with Crippen LogP contribution in [0.4, 0.5) is 0 Å². The number of carbonyl (C=O) groups excluding carboxylic acids is 1.